The molecule has 2 aliphatic rings. The van der Waals surface area contributed by atoms with Crippen LogP contribution < -0.4 is 5.32 Å². The third-order valence-electron chi connectivity index (χ3n) is 4.24. The smallest absolute Gasteiger partial charge is 0.314 e. The molecule has 0 aromatic heterocycles. The van der Waals surface area contributed by atoms with Gasteiger partial charge >= 0.3 is 5.51 Å². The highest BCUT2D eigenvalue weighted by Crippen LogP contribution is 2.32. The first-order chi connectivity index (χ1) is 9.06. The van der Waals surface area contributed by atoms with Gasteiger partial charge in [-0.2, -0.15) is 13.2 Å². The van der Waals surface area contributed by atoms with Gasteiger partial charge in [0.1, 0.15) is 0 Å². The van der Waals surface area contributed by atoms with Crippen LogP contribution in [0.4, 0.5) is 13.2 Å². The van der Waals surface area contributed by atoms with Crippen LogP contribution in [0.5, 0.6) is 0 Å². The number of nitrogens with one attached hydrogen (secondary N) is 1. The fourth-order valence-corrected chi connectivity index (χ4v) is 3.86. The van der Waals surface area contributed by atoms with E-state index in [2.05, 4.69) is 10.2 Å². The minimum Gasteiger partial charge on any atom is -0.314 e. The molecule has 1 unspecified atom stereocenters. The van der Waals surface area contributed by atoms with Gasteiger partial charge in [-0.05, 0) is 30.5 Å². The predicted octanol–water partition coefficient (Wildman–Crippen LogP) is 3.09. The van der Waals surface area contributed by atoms with Gasteiger partial charge in [-0.1, -0.05) is 19.3 Å². The molecule has 0 bridgehead atoms. The van der Waals surface area contributed by atoms with Crippen LogP contribution in [0.2, 0.25) is 0 Å². The highest BCUT2D eigenvalue weighted by Gasteiger charge is 2.32. The van der Waals surface area contributed by atoms with Crippen molar-refractivity contribution in [1.82, 2.24) is 10.2 Å². The van der Waals surface area contributed by atoms with Crippen LogP contribution in [0.25, 0.3) is 0 Å². The third kappa shape index (κ3) is 5.16. The highest BCUT2D eigenvalue weighted by atomic mass is 32.2. The van der Waals surface area contributed by atoms with Crippen molar-refractivity contribution in [3.63, 3.8) is 0 Å². The minimum atomic E-state index is -4.09. The van der Waals surface area contributed by atoms with Gasteiger partial charge in [-0.15, -0.1) is 0 Å². The molecule has 1 aliphatic heterocycles. The number of hydrogen-bond acceptors (Lipinski definition) is 3. The van der Waals surface area contributed by atoms with Gasteiger partial charge in [0.05, 0.1) is 0 Å². The van der Waals surface area contributed by atoms with E-state index >= 15 is 0 Å². The SMILES string of the molecule is FC(F)(F)SCCN1CCNCC1C1CCCCC1. The second-order valence-electron chi connectivity index (χ2n) is 5.50. The molecule has 2 fully saturated rings. The van der Waals surface area contributed by atoms with Crippen LogP contribution in [0, 0.1) is 5.92 Å². The predicted molar refractivity (Wildman–Crippen MR) is 73.3 cm³/mol. The Bertz CT molecular complexity index is 267. The molecule has 6 heteroatoms. The molecule has 0 amide bonds. The molecule has 0 radical (unpaired) electrons. The van der Waals surface area contributed by atoms with Crippen molar-refractivity contribution in [2.75, 3.05) is 31.9 Å². The lowest BCUT2D eigenvalue weighted by Gasteiger charge is -2.42. The maximum Gasteiger partial charge on any atom is 0.441 e. The Kier molecular flexibility index (Phi) is 5.84. The molecule has 2 nitrogen and oxygen atoms in total. The van der Waals surface area contributed by atoms with Gasteiger partial charge in [0.15, 0.2) is 0 Å². The Morgan fingerprint density at radius 3 is 2.58 bits per heavy atom. The molecule has 0 aromatic carbocycles. The maximum atomic E-state index is 12.2. The molecule has 112 valence electrons. The molecule has 0 spiro atoms. The molecular weight excluding hydrogens is 273 g/mol. The number of thioether (sulfide) groups is 1. The minimum absolute atomic E-state index is 0.114. The summed E-state index contributed by atoms with van der Waals surface area (Å²) in [6.45, 7) is 3.30. The first-order valence-corrected chi connectivity index (χ1v) is 8.20. The number of piperazine rings is 1. The molecule has 1 saturated carbocycles. The van der Waals surface area contributed by atoms with Crippen molar-refractivity contribution in [3.05, 3.63) is 0 Å². The van der Waals surface area contributed by atoms with Crippen LogP contribution in [0.1, 0.15) is 32.1 Å². The first kappa shape index (κ1) is 15.4. The van der Waals surface area contributed by atoms with E-state index in [1.807, 2.05) is 0 Å². The first-order valence-electron chi connectivity index (χ1n) is 7.22. The lowest BCUT2D eigenvalue weighted by atomic mass is 9.82. The monoisotopic (exact) mass is 296 g/mol. The van der Waals surface area contributed by atoms with E-state index < -0.39 is 5.51 Å². The summed E-state index contributed by atoms with van der Waals surface area (Å²) in [6, 6.07) is 0.447. The molecule has 1 atom stereocenters. The van der Waals surface area contributed by atoms with Crippen molar-refractivity contribution in [3.8, 4) is 0 Å². The number of halogens is 3. The Morgan fingerprint density at radius 2 is 1.89 bits per heavy atom. The average molecular weight is 296 g/mol. The molecule has 1 saturated heterocycles. The molecule has 1 heterocycles. The maximum absolute atomic E-state index is 12.2. The summed E-state index contributed by atoms with van der Waals surface area (Å²) in [7, 11) is 0. The topological polar surface area (TPSA) is 15.3 Å². The molecule has 2 rings (SSSR count). The fourth-order valence-electron chi connectivity index (χ4n) is 3.31. The Hall–Kier alpha value is 0.0600. The van der Waals surface area contributed by atoms with E-state index in [9.17, 15) is 13.2 Å². The Labute approximate surface area is 117 Å². The van der Waals surface area contributed by atoms with Crippen LogP contribution in [-0.4, -0.2) is 48.4 Å². The number of hydrogen-bond donors (Lipinski definition) is 1. The molecule has 1 N–H and O–H groups in total. The van der Waals surface area contributed by atoms with E-state index in [1.54, 1.807) is 0 Å². The second-order valence-corrected chi connectivity index (χ2v) is 6.66. The number of alkyl halides is 3. The summed E-state index contributed by atoms with van der Waals surface area (Å²) in [4.78, 5) is 2.28. The normalized spacial score (nSPS) is 27.6. The molecule has 0 aromatic rings. The van der Waals surface area contributed by atoms with E-state index in [-0.39, 0.29) is 17.5 Å². The summed E-state index contributed by atoms with van der Waals surface area (Å²) >= 11 is 0.114. The quantitative estimate of drug-likeness (QED) is 0.858. The summed E-state index contributed by atoms with van der Waals surface area (Å²) in [5.41, 5.74) is -4.09. The Balaban J connectivity index is 1.81. The second kappa shape index (κ2) is 7.18. The molecular formula is C13H23F3N2S. The van der Waals surface area contributed by atoms with Crippen LogP contribution in [-0.2, 0) is 0 Å². The van der Waals surface area contributed by atoms with Gasteiger partial charge in [0.25, 0.3) is 0 Å². The van der Waals surface area contributed by atoms with Crippen LogP contribution >= 0.6 is 11.8 Å². The largest absolute Gasteiger partial charge is 0.441 e. The van der Waals surface area contributed by atoms with Crippen molar-refractivity contribution in [2.45, 2.75) is 43.7 Å². The summed E-state index contributed by atoms with van der Waals surface area (Å²) in [6.07, 6.45) is 6.38. The zero-order chi connectivity index (χ0) is 13.7. The van der Waals surface area contributed by atoms with Crippen LogP contribution in [0.15, 0.2) is 0 Å². The van der Waals surface area contributed by atoms with Gasteiger partial charge < -0.3 is 5.32 Å². The van der Waals surface area contributed by atoms with E-state index in [1.165, 1.54) is 32.1 Å². The average Bonchev–Trinajstić information content (AvgIpc) is 2.39. The molecule has 19 heavy (non-hydrogen) atoms. The summed E-state index contributed by atoms with van der Waals surface area (Å²) < 4.78 is 36.6. The molecule has 1 aliphatic carbocycles. The van der Waals surface area contributed by atoms with Crippen molar-refractivity contribution >= 4 is 11.8 Å². The van der Waals surface area contributed by atoms with Crippen molar-refractivity contribution in [1.29, 1.82) is 0 Å². The zero-order valence-corrected chi connectivity index (χ0v) is 12.0. The standard InChI is InChI=1S/C13H23F3N2S/c14-13(15,16)19-9-8-18-7-6-17-10-12(18)11-4-2-1-3-5-11/h11-12,17H,1-10H2. The zero-order valence-electron chi connectivity index (χ0n) is 11.2. The van der Waals surface area contributed by atoms with Gasteiger partial charge in [0, 0.05) is 38.0 Å². The highest BCUT2D eigenvalue weighted by molar-refractivity contribution is 8.00. The van der Waals surface area contributed by atoms with Crippen LogP contribution in [0.3, 0.4) is 0 Å². The number of nitrogens with zero attached hydrogens (tertiary/aromatic N) is 1. The van der Waals surface area contributed by atoms with E-state index in [0.29, 0.717) is 18.5 Å². The fraction of sp³-hybridized carbons (Fsp3) is 1.00. The Morgan fingerprint density at radius 1 is 1.16 bits per heavy atom. The lowest BCUT2D eigenvalue weighted by Crippen LogP contribution is -2.55. The van der Waals surface area contributed by atoms with Crippen molar-refractivity contribution < 1.29 is 13.2 Å². The van der Waals surface area contributed by atoms with Gasteiger partial charge in [-0.25, -0.2) is 0 Å². The number of rotatable bonds is 4. The van der Waals surface area contributed by atoms with E-state index in [4.69, 9.17) is 0 Å². The summed E-state index contributed by atoms with van der Waals surface area (Å²) in [5, 5.41) is 3.40. The summed E-state index contributed by atoms with van der Waals surface area (Å²) in [5.74, 6) is 0.838. The van der Waals surface area contributed by atoms with E-state index in [0.717, 1.165) is 19.6 Å². The van der Waals surface area contributed by atoms with Gasteiger partial charge in [-0.3, -0.25) is 4.90 Å². The lowest BCUT2D eigenvalue weighted by molar-refractivity contribution is -0.0330. The van der Waals surface area contributed by atoms with Crippen molar-refractivity contribution in [2.24, 2.45) is 5.92 Å². The van der Waals surface area contributed by atoms with Gasteiger partial charge in [0.2, 0.25) is 0 Å². The third-order valence-corrected chi connectivity index (χ3v) is 4.95.